The van der Waals surface area contributed by atoms with Crippen LogP contribution in [-0.4, -0.2) is 29.0 Å². The van der Waals surface area contributed by atoms with Gasteiger partial charge in [0, 0.05) is 13.0 Å². The molecule has 0 aliphatic rings. The van der Waals surface area contributed by atoms with E-state index in [-0.39, 0.29) is 5.97 Å². The first-order valence-corrected chi connectivity index (χ1v) is 7.07. The van der Waals surface area contributed by atoms with Gasteiger partial charge in [-0.2, -0.15) is 5.10 Å². The molecule has 0 atom stereocenters. The van der Waals surface area contributed by atoms with Gasteiger partial charge in [-0.25, -0.2) is 0 Å². The van der Waals surface area contributed by atoms with Crippen LogP contribution in [0.2, 0.25) is 0 Å². The van der Waals surface area contributed by atoms with Crippen molar-refractivity contribution in [3.05, 3.63) is 12.4 Å². The van der Waals surface area contributed by atoms with Gasteiger partial charge in [-0.3, -0.25) is 9.48 Å². The number of hydrogen-bond acceptors (Lipinski definition) is 4. The molecule has 1 aromatic rings. The van der Waals surface area contributed by atoms with Crippen LogP contribution in [0.4, 0.5) is 0 Å². The maximum atomic E-state index is 11.1. The Morgan fingerprint density at radius 1 is 1.32 bits per heavy atom. The molecule has 0 aliphatic carbocycles. The fraction of sp³-hybridized carbons (Fsp3) is 0.714. The molecule has 1 rings (SSSR count). The SMILES string of the molecule is CCCn1cc(OCCCCCC(=O)OCC)cn1. The topological polar surface area (TPSA) is 53.4 Å². The molecule has 0 spiro atoms. The van der Waals surface area contributed by atoms with E-state index in [1.807, 2.05) is 17.8 Å². The molecule has 0 saturated carbocycles. The summed E-state index contributed by atoms with van der Waals surface area (Å²) in [7, 11) is 0. The highest BCUT2D eigenvalue weighted by atomic mass is 16.5. The van der Waals surface area contributed by atoms with Crippen molar-refractivity contribution in [1.82, 2.24) is 9.78 Å². The summed E-state index contributed by atoms with van der Waals surface area (Å²) in [5, 5.41) is 4.20. The summed E-state index contributed by atoms with van der Waals surface area (Å²) in [5.41, 5.74) is 0. The fourth-order valence-corrected chi connectivity index (χ4v) is 1.74. The number of carbonyl (C=O) groups is 1. The first-order chi connectivity index (χ1) is 9.26. The smallest absolute Gasteiger partial charge is 0.305 e. The van der Waals surface area contributed by atoms with Crippen molar-refractivity contribution >= 4 is 5.97 Å². The van der Waals surface area contributed by atoms with E-state index in [2.05, 4.69) is 12.0 Å². The van der Waals surface area contributed by atoms with Crippen LogP contribution in [0.5, 0.6) is 5.75 Å². The molecule has 19 heavy (non-hydrogen) atoms. The summed E-state index contributed by atoms with van der Waals surface area (Å²) in [6.45, 7) is 5.99. The highest BCUT2D eigenvalue weighted by Gasteiger charge is 2.01. The monoisotopic (exact) mass is 268 g/mol. The molecule has 0 radical (unpaired) electrons. The Labute approximate surface area is 114 Å². The number of unbranched alkanes of at least 4 members (excludes halogenated alkanes) is 2. The summed E-state index contributed by atoms with van der Waals surface area (Å²) in [4.78, 5) is 11.1. The predicted octanol–water partition coefficient (Wildman–Crippen LogP) is 2.80. The highest BCUT2D eigenvalue weighted by molar-refractivity contribution is 5.69. The van der Waals surface area contributed by atoms with Crippen molar-refractivity contribution in [2.45, 2.75) is 52.5 Å². The molecule has 0 amide bonds. The van der Waals surface area contributed by atoms with Crippen LogP contribution in [0.1, 0.15) is 46.0 Å². The normalized spacial score (nSPS) is 10.4. The lowest BCUT2D eigenvalue weighted by molar-refractivity contribution is -0.143. The van der Waals surface area contributed by atoms with Crippen LogP contribution in [0.25, 0.3) is 0 Å². The van der Waals surface area contributed by atoms with Gasteiger partial charge < -0.3 is 9.47 Å². The van der Waals surface area contributed by atoms with Gasteiger partial charge in [-0.05, 0) is 32.6 Å². The zero-order valence-corrected chi connectivity index (χ0v) is 11.9. The van der Waals surface area contributed by atoms with Crippen LogP contribution in [-0.2, 0) is 16.1 Å². The van der Waals surface area contributed by atoms with Crippen LogP contribution < -0.4 is 4.74 Å². The second-order valence-corrected chi connectivity index (χ2v) is 4.40. The van der Waals surface area contributed by atoms with Crippen LogP contribution in [0, 0.1) is 0 Å². The Kier molecular flexibility index (Phi) is 7.70. The van der Waals surface area contributed by atoms with E-state index in [1.54, 1.807) is 6.20 Å². The van der Waals surface area contributed by atoms with Gasteiger partial charge in [-0.1, -0.05) is 6.92 Å². The maximum absolute atomic E-state index is 11.1. The average molecular weight is 268 g/mol. The van der Waals surface area contributed by atoms with Gasteiger partial charge in [0.15, 0.2) is 5.75 Å². The summed E-state index contributed by atoms with van der Waals surface area (Å²) in [5.74, 6) is 0.711. The van der Waals surface area contributed by atoms with E-state index >= 15 is 0 Å². The molecule has 0 N–H and O–H groups in total. The van der Waals surface area contributed by atoms with Gasteiger partial charge in [0.25, 0.3) is 0 Å². The molecular weight excluding hydrogens is 244 g/mol. The average Bonchev–Trinajstić information content (AvgIpc) is 2.82. The predicted molar refractivity (Wildman–Crippen MR) is 73.1 cm³/mol. The van der Waals surface area contributed by atoms with Crippen LogP contribution >= 0.6 is 0 Å². The molecule has 0 unspecified atom stereocenters. The molecule has 0 bridgehead atoms. The number of aromatic nitrogens is 2. The fourth-order valence-electron chi connectivity index (χ4n) is 1.74. The zero-order valence-electron chi connectivity index (χ0n) is 11.9. The van der Waals surface area contributed by atoms with Crippen LogP contribution in [0.3, 0.4) is 0 Å². The number of esters is 1. The highest BCUT2D eigenvalue weighted by Crippen LogP contribution is 2.10. The molecular formula is C14H24N2O3. The van der Waals surface area contributed by atoms with E-state index in [0.29, 0.717) is 19.6 Å². The van der Waals surface area contributed by atoms with E-state index in [9.17, 15) is 4.79 Å². The van der Waals surface area contributed by atoms with Crippen molar-refractivity contribution in [3.63, 3.8) is 0 Å². The quantitative estimate of drug-likeness (QED) is 0.483. The molecule has 5 nitrogen and oxygen atoms in total. The third-order valence-electron chi connectivity index (χ3n) is 2.66. The van der Waals surface area contributed by atoms with E-state index < -0.39 is 0 Å². The summed E-state index contributed by atoms with van der Waals surface area (Å²) < 4.78 is 12.3. The lowest BCUT2D eigenvalue weighted by atomic mass is 10.2. The van der Waals surface area contributed by atoms with E-state index in [0.717, 1.165) is 38.0 Å². The first-order valence-electron chi connectivity index (χ1n) is 7.07. The van der Waals surface area contributed by atoms with Gasteiger partial charge >= 0.3 is 5.97 Å². The molecule has 0 aromatic carbocycles. The molecule has 108 valence electrons. The number of nitrogens with zero attached hydrogens (tertiary/aromatic N) is 2. The Morgan fingerprint density at radius 3 is 2.89 bits per heavy atom. The second-order valence-electron chi connectivity index (χ2n) is 4.40. The third kappa shape index (κ3) is 6.84. The van der Waals surface area contributed by atoms with Crippen molar-refractivity contribution in [2.75, 3.05) is 13.2 Å². The molecule has 0 fully saturated rings. The molecule has 1 aromatic heterocycles. The minimum atomic E-state index is -0.107. The Balaban J connectivity index is 2.02. The van der Waals surface area contributed by atoms with Crippen molar-refractivity contribution in [2.24, 2.45) is 0 Å². The van der Waals surface area contributed by atoms with Gasteiger partial charge in [0.1, 0.15) is 0 Å². The number of hydrogen-bond donors (Lipinski definition) is 0. The number of ether oxygens (including phenoxy) is 2. The molecule has 1 heterocycles. The van der Waals surface area contributed by atoms with Gasteiger partial charge in [0.2, 0.25) is 0 Å². The second kappa shape index (κ2) is 9.42. The maximum Gasteiger partial charge on any atom is 0.305 e. The van der Waals surface area contributed by atoms with Crippen molar-refractivity contribution < 1.29 is 14.3 Å². The first kappa shape index (κ1) is 15.5. The van der Waals surface area contributed by atoms with E-state index in [4.69, 9.17) is 9.47 Å². The summed E-state index contributed by atoms with van der Waals surface area (Å²) >= 11 is 0. The van der Waals surface area contributed by atoms with Gasteiger partial charge in [-0.15, -0.1) is 0 Å². The summed E-state index contributed by atoms with van der Waals surface area (Å²) in [6, 6.07) is 0. The standard InChI is InChI=1S/C14H24N2O3/c1-3-9-16-12-13(11-15-16)19-10-7-5-6-8-14(17)18-4-2/h11-12H,3-10H2,1-2H3. The largest absolute Gasteiger partial charge is 0.490 e. The minimum absolute atomic E-state index is 0.107. The minimum Gasteiger partial charge on any atom is -0.490 e. The van der Waals surface area contributed by atoms with Crippen LogP contribution in [0.15, 0.2) is 12.4 Å². The van der Waals surface area contributed by atoms with Crippen molar-refractivity contribution in [3.8, 4) is 5.75 Å². The van der Waals surface area contributed by atoms with Crippen molar-refractivity contribution in [1.29, 1.82) is 0 Å². The van der Waals surface area contributed by atoms with Gasteiger partial charge in [0.05, 0.1) is 25.6 Å². The Hall–Kier alpha value is -1.52. The lowest BCUT2D eigenvalue weighted by Gasteiger charge is -2.03. The number of aryl methyl sites for hydroxylation is 1. The molecule has 0 aliphatic heterocycles. The Morgan fingerprint density at radius 2 is 2.16 bits per heavy atom. The number of carbonyl (C=O) groups excluding carboxylic acids is 1. The lowest BCUT2D eigenvalue weighted by Crippen LogP contribution is -2.04. The number of rotatable bonds is 10. The molecule has 5 heteroatoms. The molecule has 0 saturated heterocycles. The zero-order chi connectivity index (χ0) is 13.9. The third-order valence-corrected chi connectivity index (χ3v) is 2.66. The summed E-state index contributed by atoms with van der Waals surface area (Å²) in [6.07, 6.45) is 8.01. The Bertz CT molecular complexity index is 363. The van der Waals surface area contributed by atoms with E-state index in [1.165, 1.54) is 0 Å².